The maximum absolute atomic E-state index is 10.2. The van der Waals surface area contributed by atoms with Gasteiger partial charge in [-0.3, -0.25) is 4.79 Å². The molecule has 48 valence electrons. The molecule has 0 aliphatic heterocycles. The van der Waals surface area contributed by atoms with Crippen LogP contribution in [-0.2, 0) is 4.79 Å². The van der Waals surface area contributed by atoms with Gasteiger partial charge in [-0.05, 0) is 6.92 Å². The van der Waals surface area contributed by atoms with E-state index in [-0.39, 0.29) is 11.9 Å². The number of carbonyl (C=O) groups excluding carboxylic acids is 1. The Morgan fingerprint density at radius 3 is 2.50 bits per heavy atom. The van der Waals surface area contributed by atoms with Crippen molar-refractivity contribution in [3.63, 3.8) is 0 Å². The van der Waals surface area contributed by atoms with Crippen molar-refractivity contribution in [3.8, 4) is 0 Å². The van der Waals surface area contributed by atoms with Gasteiger partial charge < -0.3 is 11.1 Å². The quantitative estimate of drug-likeness (QED) is 0.509. The minimum absolute atomic E-state index is 0.0250. The summed E-state index contributed by atoms with van der Waals surface area (Å²) in [5.41, 5.74) is 5.21. The van der Waals surface area contributed by atoms with Gasteiger partial charge in [0.05, 0.1) is 0 Å². The molecule has 0 fully saturated rings. The smallest absolute Gasteiger partial charge is 0.217 e. The van der Waals surface area contributed by atoms with Crippen LogP contribution < -0.4 is 11.1 Å². The zero-order chi connectivity index (χ0) is 6.57. The molecule has 1 amide bonds. The van der Waals surface area contributed by atoms with E-state index in [0.29, 0.717) is 6.54 Å². The zero-order valence-electron chi connectivity index (χ0n) is 5.27. The molecule has 8 heavy (non-hydrogen) atoms. The van der Waals surface area contributed by atoms with Gasteiger partial charge in [-0.2, -0.15) is 0 Å². The molecule has 0 spiro atoms. The van der Waals surface area contributed by atoms with Crippen molar-refractivity contribution in [1.29, 1.82) is 0 Å². The minimum Gasteiger partial charge on any atom is -0.353 e. The molecule has 3 heteroatoms. The van der Waals surface area contributed by atoms with Gasteiger partial charge in [0.15, 0.2) is 0 Å². The third-order valence-corrected chi connectivity index (χ3v) is 0.803. The summed E-state index contributed by atoms with van der Waals surface area (Å²) in [5.74, 6) is -0.0250. The van der Waals surface area contributed by atoms with Gasteiger partial charge in [0.2, 0.25) is 5.91 Å². The maximum atomic E-state index is 10.2. The number of nitrogens with one attached hydrogen (secondary N) is 1. The molecule has 0 saturated carbocycles. The van der Waals surface area contributed by atoms with E-state index in [0.717, 1.165) is 0 Å². The fourth-order valence-corrected chi connectivity index (χ4v) is 0.406. The highest BCUT2D eigenvalue weighted by atomic mass is 16.1. The summed E-state index contributed by atoms with van der Waals surface area (Å²) in [7, 11) is 0. The molecule has 0 unspecified atom stereocenters. The van der Waals surface area contributed by atoms with Crippen molar-refractivity contribution in [2.24, 2.45) is 5.73 Å². The van der Waals surface area contributed by atoms with Crippen molar-refractivity contribution in [3.05, 3.63) is 0 Å². The van der Waals surface area contributed by atoms with Gasteiger partial charge in [-0.25, -0.2) is 0 Å². The highest BCUT2D eigenvalue weighted by Gasteiger charge is 1.96. The van der Waals surface area contributed by atoms with E-state index in [1.54, 1.807) is 0 Å². The Bertz CT molecular complexity index is 82.5. The number of amides is 1. The summed E-state index contributed by atoms with van der Waals surface area (Å²) in [6.07, 6.45) is 0. The van der Waals surface area contributed by atoms with Crippen LogP contribution in [0.25, 0.3) is 0 Å². The van der Waals surface area contributed by atoms with E-state index in [9.17, 15) is 4.79 Å². The van der Waals surface area contributed by atoms with Crippen LogP contribution >= 0.6 is 0 Å². The van der Waals surface area contributed by atoms with Crippen LogP contribution in [0.4, 0.5) is 0 Å². The highest BCUT2D eigenvalue weighted by Crippen LogP contribution is 1.73. The molecule has 3 N–H and O–H groups in total. The monoisotopic (exact) mass is 116 g/mol. The van der Waals surface area contributed by atoms with Crippen LogP contribution in [0.15, 0.2) is 0 Å². The third kappa shape index (κ3) is 3.61. The lowest BCUT2D eigenvalue weighted by Gasteiger charge is -2.07. The number of carbonyl (C=O) groups is 1. The first-order valence-electron chi connectivity index (χ1n) is 2.64. The standard InChI is InChI=1S/C5H12N2O/c1-4(3-6)7-5(2)8/h4H,3,6H2,1-2H3,(H,7,8)/t4-/m1/s1. The highest BCUT2D eigenvalue weighted by molar-refractivity contribution is 5.73. The van der Waals surface area contributed by atoms with Crippen LogP contribution in [-0.4, -0.2) is 18.5 Å². The first kappa shape index (κ1) is 7.43. The average Bonchev–Trinajstić information content (AvgIpc) is 1.65. The lowest BCUT2D eigenvalue weighted by Crippen LogP contribution is -2.36. The lowest BCUT2D eigenvalue weighted by molar-refractivity contribution is -0.119. The fourth-order valence-electron chi connectivity index (χ4n) is 0.406. The fraction of sp³-hybridized carbons (Fsp3) is 0.800. The Labute approximate surface area is 49.3 Å². The van der Waals surface area contributed by atoms with Crippen LogP contribution in [0, 0.1) is 0 Å². The van der Waals surface area contributed by atoms with Crippen molar-refractivity contribution in [2.75, 3.05) is 6.54 Å². The Kier molecular flexibility index (Phi) is 3.19. The van der Waals surface area contributed by atoms with Gasteiger partial charge in [0.1, 0.15) is 0 Å². The number of hydrogen-bond donors (Lipinski definition) is 2. The number of hydrogen-bond acceptors (Lipinski definition) is 2. The molecule has 0 rings (SSSR count). The molecule has 0 aromatic carbocycles. The second kappa shape index (κ2) is 3.43. The van der Waals surface area contributed by atoms with Gasteiger partial charge in [-0.1, -0.05) is 0 Å². The van der Waals surface area contributed by atoms with E-state index in [1.165, 1.54) is 6.92 Å². The topological polar surface area (TPSA) is 55.1 Å². The number of nitrogens with two attached hydrogens (primary N) is 1. The van der Waals surface area contributed by atoms with Crippen molar-refractivity contribution in [2.45, 2.75) is 19.9 Å². The summed E-state index contributed by atoms with van der Waals surface area (Å²) >= 11 is 0. The van der Waals surface area contributed by atoms with E-state index >= 15 is 0 Å². The third-order valence-electron chi connectivity index (χ3n) is 0.803. The molecule has 1 atom stereocenters. The van der Waals surface area contributed by atoms with E-state index in [1.807, 2.05) is 6.92 Å². The minimum atomic E-state index is -0.0250. The zero-order valence-corrected chi connectivity index (χ0v) is 5.27. The Hall–Kier alpha value is -0.570. The molecular weight excluding hydrogens is 104 g/mol. The van der Waals surface area contributed by atoms with Crippen LogP contribution in [0.2, 0.25) is 0 Å². The van der Waals surface area contributed by atoms with Crippen LogP contribution in [0.3, 0.4) is 0 Å². The van der Waals surface area contributed by atoms with Crippen LogP contribution in [0.5, 0.6) is 0 Å². The average molecular weight is 116 g/mol. The molecule has 0 saturated heterocycles. The van der Waals surface area contributed by atoms with Gasteiger partial charge in [0.25, 0.3) is 0 Å². The summed E-state index contributed by atoms with van der Waals surface area (Å²) < 4.78 is 0. The summed E-state index contributed by atoms with van der Waals surface area (Å²) in [4.78, 5) is 10.2. The Morgan fingerprint density at radius 2 is 2.38 bits per heavy atom. The molecule has 0 heterocycles. The van der Waals surface area contributed by atoms with Gasteiger partial charge in [0, 0.05) is 19.5 Å². The van der Waals surface area contributed by atoms with Gasteiger partial charge >= 0.3 is 0 Å². The van der Waals surface area contributed by atoms with E-state index in [2.05, 4.69) is 5.32 Å². The molecule has 0 aliphatic rings. The van der Waals surface area contributed by atoms with E-state index < -0.39 is 0 Å². The lowest BCUT2D eigenvalue weighted by atomic mass is 10.3. The number of rotatable bonds is 2. The van der Waals surface area contributed by atoms with Crippen molar-refractivity contribution >= 4 is 5.91 Å². The predicted octanol–water partition coefficient (Wildman–Crippen LogP) is -0.530. The summed E-state index contributed by atoms with van der Waals surface area (Å²) in [6.45, 7) is 3.84. The summed E-state index contributed by atoms with van der Waals surface area (Å²) in [5, 5.41) is 2.63. The molecule has 0 radical (unpaired) electrons. The second-order valence-electron chi connectivity index (χ2n) is 1.84. The Morgan fingerprint density at radius 1 is 1.88 bits per heavy atom. The first-order valence-corrected chi connectivity index (χ1v) is 2.64. The van der Waals surface area contributed by atoms with Crippen molar-refractivity contribution < 1.29 is 4.79 Å². The predicted molar refractivity (Wildman–Crippen MR) is 32.3 cm³/mol. The SMILES string of the molecule is CC(=O)N[C@H](C)CN. The molecule has 0 aromatic rings. The maximum Gasteiger partial charge on any atom is 0.217 e. The normalized spacial score (nSPS) is 12.9. The van der Waals surface area contributed by atoms with Crippen LogP contribution in [0.1, 0.15) is 13.8 Å². The Balaban J connectivity index is 3.24. The molecule has 0 aromatic heterocycles. The largest absolute Gasteiger partial charge is 0.353 e. The second-order valence-corrected chi connectivity index (χ2v) is 1.84. The molecule has 0 bridgehead atoms. The van der Waals surface area contributed by atoms with Gasteiger partial charge in [-0.15, -0.1) is 0 Å². The van der Waals surface area contributed by atoms with E-state index in [4.69, 9.17) is 5.73 Å². The first-order chi connectivity index (χ1) is 3.66. The molecule has 0 aliphatic carbocycles. The molecular formula is C5H12N2O. The molecule has 3 nitrogen and oxygen atoms in total. The summed E-state index contributed by atoms with van der Waals surface area (Å²) in [6, 6.07) is 0.104. The van der Waals surface area contributed by atoms with Crippen molar-refractivity contribution in [1.82, 2.24) is 5.32 Å².